The van der Waals surface area contributed by atoms with Gasteiger partial charge in [-0.1, -0.05) is 93.6 Å². The molecule has 28 heavy (non-hydrogen) atoms. The average Bonchev–Trinajstić information content (AvgIpc) is 2.68. The topological polar surface area (TPSA) is 12.0 Å². The maximum absolute atomic E-state index is 3.74. The molecule has 0 saturated heterocycles. The van der Waals surface area contributed by atoms with E-state index in [1.807, 2.05) is 0 Å². The first-order valence-corrected chi connectivity index (χ1v) is 10.5. The predicted molar refractivity (Wildman–Crippen MR) is 120 cm³/mol. The molecule has 0 radical (unpaired) electrons. The highest BCUT2D eigenvalue weighted by molar-refractivity contribution is 5.64. The summed E-state index contributed by atoms with van der Waals surface area (Å²) in [4.78, 5) is 0. The first-order valence-electron chi connectivity index (χ1n) is 10.5. The summed E-state index contributed by atoms with van der Waals surface area (Å²) in [5.74, 6) is 0.592. The Labute approximate surface area is 169 Å². The highest BCUT2D eigenvalue weighted by Crippen LogP contribution is 2.45. The third-order valence-corrected chi connectivity index (χ3v) is 5.95. The van der Waals surface area contributed by atoms with Crippen molar-refractivity contribution in [2.45, 2.75) is 46.0 Å². The largest absolute Gasteiger partial charge is 0.385 e. The lowest BCUT2D eigenvalue weighted by Crippen LogP contribution is -2.27. The minimum atomic E-state index is 0.270. The predicted octanol–water partition coefficient (Wildman–Crippen LogP) is 6.81. The lowest BCUT2D eigenvalue weighted by molar-refractivity contribution is 0.305. The normalized spacial score (nSPS) is 16.3. The van der Waals surface area contributed by atoms with E-state index in [-0.39, 0.29) is 5.41 Å². The molecule has 0 saturated carbocycles. The van der Waals surface area contributed by atoms with Gasteiger partial charge in [0, 0.05) is 12.2 Å². The minimum absolute atomic E-state index is 0.270. The van der Waals surface area contributed by atoms with Gasteiger partial charge in [-0.15, -0.1) is 0 Å². The number of fused-ring (bicyclic) bond motifs is 1. The molecule has 1 N–H and O–H groups in total. The van der Waals surface area contributed by atoms with Crippen LogP contribution in [-0.2, 0) is 12.8 Å². The van der Waals surface area contributed by atoms with E-state index in [9.17, 15) is 0 Å². The smallest absolute Gasteiger partial charge is 0.0411 e. The number of anilines is 1. The molecule has 1 unspecified atom stereocenters. The van der Waals surface area contributed by atoms with Gasteiger partial charge in [-0.3, -0.25) is 0 Å². The molecule has 0 fully saturated rings. The highest BCUT2D eigenvalue weighted by atomic mass is 14.9. The second kappa shape index (κ2) is 7.83. The number of rotatable bonds is 4. The van der Waals surface area contributed by atoms with E-state index in [0.29, 0.717) is 5.92 Å². The van der Waals surface area contributed by atoms with Gasteiger partial charge in [0.2, 0.25) is 0 Å². The molecule has 0 bridgehead atoms. The summed E-state index contributed by atoms with van der Waals surface area (Å²) in [6.07, 6.45) is 3.18. The fourth-order valence-corrected chi connectivity index (χ4v) is 4.57. The zero-order chi connectivity index (χ0) is 19.6. The van der Waals surface area contributed by atoms with Gasteiger partial charge in [0.1, 0.15) is 0 Å². The molecule has 0 spiro atoms. The molecule has 1 aliphatic rings. The van der Waals surface area contributed by atoms with Crippen LogP contribution in [0.15, 0.2) is 72.8 Å². The number of hydrogen-bond donors (Lipinski definition) is 1. The average molecular weight is 370 g/mol. The maximum atomic E-state index is 3.74. The van der Waals surface area contributed by atoms with E-state index in [1.165, 1.54) is 39.9 Å². The molecule has 1 atom stereocenters. The zero-order valence-electron chi connectivity index (χ0n) is 17.3. The van der Waals surface area contributed by atoms with Gasteiger partial charge in [0.25, 0.3) is 0 Å². The van der Waals surface area contributed by atoms with Crippen molar-refractivity contribution in [3.05, 3.63) is 101 Å². The van der Waals surface area contributed by atoms with Crippen molar-refractivity contribution < 1.29 is 0 Å². The lowest BCUT2D eigenvalue weighted by atomic mass is 9.71. The van der Waals surface area contributed by atoms with Crippen LogP contribution < -0.4 is 5.32 Å². The zero-order valence-corrected chi connectivity index (χ0v) is 17.3. The summed E-state index contributed by atoms with van der Waals surface area (Å²) in [5, 5.41) is 3.74. The van der Waals surface area contributed by atoms with Crippen LogP contribution in [0.3, 0.4) is 0 Å². The molecule has 3 aromatic rings. The van der Waals surface area contributed by atoms with Crippen LogP contribution in [0, 0.1) is 5.41 Å². The molecule has 1 aliphatic heterocycles. The Kier molecular flexibility index (Phi) is 5.26. The summed E-state index contributed by atoms with van der Waals surface area (Å²) in [6.45, 7) is 8.21. The summed E-state index contributed by atoms with van der Waals surface area (Å²) in [7, 11) is 0. The molecule has 0 amide bonds. The monoisotopic (exact) mass is 369 g/mol. The molecule has 0 aromatic heterocycles. The molecule has 1 heterocycles. The third-order valence-electron chi connectivity index (χ3n) is 5.95. The van der Waals surface area contributed by atoms with Crippen LogP contribution in [0.1, 0.15) is 60.9 Å². The van der Waals surface area contributed by atoms with Crippen molar-refractivity contribution in [2.24, 2.45) is 5.41 Å². The summed E-state index contributed by atoms with van der Waals surface area (Å²) < 4.78 is 0. The Hall–Kier alpha value is -2.54. The standard InChI is InChI=1S/C27H31N/c1-27(2,3)25-14-15-28-26-23(17-21-12-8-5-9-13-21)18-22(19-24(25)26)16-20-10-6-4-7-11-20/h4-13,18-19,25,28H,14-17H2,1-3H3. The quantitative estimate of drug-likeness (QED) is 0.532. The van der Waals surface area contributed by atoms with Crippen molar-refractivity contribution in [3.63, 3.8) is 0 Å². The van der Waals surface area contributed by atoms with Gasteiger partial charge in [0.15, 0.2) is 0 Å². The Bertz CT molecular complexity index is 920. The van der Waals surface area contributed by atoms with Gasteiger partial charge < -0.3 is 5.32 Å². The van der Waals surface area contributed by atoms with Crippen LogP contribution in [-0.4, -0.2) is 6.54 Å². The first-order chi connectivity index (χ1) is 13.5. The van der Waals surface area contributed by atoms with E-state index in [0.717, 1.165) is 19.4 Å². The van der Waals surface area contributed by atoms with Gasteiger partial charge in [0.05, 0.1) is 0 Å². The SMILES string of the molecule is CC(C)(C)C1CCNc2c(Cc3ccccc3)cc(Cc3ccccc3)cc21. The fourth-order valence-electron chi connectivity index (χ4n) is 4.57. The van der Waals surface area contributed by atoms with E-state index in [4.69, 9.17) is 0 Å². The summed E-state index contributed by atoms with van der Waals surface area (Å²) in [6, 6.07) is 26.6. The Morgan fingerprint density at radius 2 is 1.39 bits per heavy atom. The highest BCUT2D eigenvalue weighted by Gasteiger charge is 2.31. The van der Waals surface area contributed by atoms with Gasteiger partial charge >= 0.3 is 0 Å². The molecule has 4 rings (SSSR count). The van der Waals surface area contributed by atoms with Crippen LogP contribution in [0.25, 0.3) is 0 Å². The lowest BCUT2D eigenvalue weighted by Gasteiger charge is -2.37. The van der Waals surface area contributed by atoms with Crippen molar-refractivity contribution in [1.29, 1.82) is 0 Å². The maximum Gasteiger partial charge on any atom is 0.0411 e. The Balaban J connectivity index is 1.78. The minimum Gasteiger partial charge on any atom is -0.385 e. The molecule has 144 valence electrons. The Morgan fingerprint density at radius 1 is 0.786 bits per heavy atom. The van der Waals surface area contributed by atoms with Crippen molar-refractivity contribution in [1.82, 2.24) is 0 Å². The van der Waals surface area contributed by atoms with Gasteiger partial charge in [-0.2, -0.15) is 0 Å². The molecule has 3 aromatic carbocycles. The van der Waals surface area contributed by atoms with E-state index in [1.54, 1.807) is 0 Å². The number of nitrogens with one attached hydrogen (secondary N) is 1. The molecular weight excluding hydrogens is 338 g/mol. The van der Waals surface area contributed by atoms with Crippen molar-refractivity contribution in [2.75, 3.05) is 11.9 Å². The van der Waals surface area contributed by atoms with Crippen LogP contribution in [0.5, 0.6) is 0 Å². The summed E-state index contributed by atoms with van der Waals surface area (Å²) in [5.41, 5.74) is 8.78. The van der Waals surface area contributed by atoms with Crippen molar-refractivity contribution in [3.8, 4) is 0 Å². The second-order valence-corrected chi connectivity index (χ2v) is 9.18. The van der Waals surface area contributed by atoms with Crippen LogP contribution >= 0.6 is 0 Å². The second-order valence-electron chi connectivity index (χ2n) is 9.18. The van der Waals surface area contributed by atoms with Crippen LogP contribution in [0.4, 0.5) is 5.69 Å². The van der Waals surface area contributed by atoms with E-state index >= 15 is 0 Å². The first kappa shape index (κ1) is 18.8. The number of benzene rings is 3. The molecule has 1 nitrogen and oxygen atoms in total. The van der Waals surface area contributed by atoms with Crippen LogP contribution in [0.2, 0.25) is 0 Å². The Morgan fingerprint density at radius 3 is 2.00 bits per heavy atom. The van der Waals surface area contributed by atoms with Gasteiger partial charge in [-0.05, 0) is 58.4 Å². The molecular formula is C27H31N. The number of hydrogen-bond acceptors (Lipinski definition) is 1. The third kappa shape index (κ3) is 4.14. The summed E-state index contributed by atoms with van der Waals surface area (Å²) >= 11 is 0. The molecule has 0 aliphatic carbocycles. The molecule has 1 heteroatoms. The van der Waals surface area contributed by atoms with Crippen molar-refractivity contribution >= 4 is 5.69 Å². The van der Waals surface area contributed by atoms with E-state index < -0.39 is 0 Å². The van der Waals surface area contributed by atoms with E-state index in [2.05, 4.69) is 98.9 Å². The fraction of sp³-hybridized carbons (Fsp3) is 0.333. The van der Waals surface area contributed by atoms with Gasteiger partial charge in [-0.25, -0.2) is 0 Å².